The van der Waals surface area contributed by atoms with Crippen LogP contribution in [-0.4, -0.2) is 25.0 Å². The van der Waals surface area contributed by atoms with Crippen molar-refractivity contribution in [3.8, 4) is 0 Å². The van der Waals surface area contributed by atoms with Crippen molar-refractivity contribution in [2.75, 3.05) is 6.54 Å². The van der Waals surface area contributed by atoms with Crippen LogP contribution in [0.25, 0.3) is 0 Å². The molecule has 0 radical (unpaired) electrons. The third kappa shape index (κ3) is 35.4. The number of allylic oxidation sites excluding steroid dienone is 5. The summed E-state index contributed by atoms with van der Waals surface area (Å²) < 4.78 is 0.898. The predicted octanol–water partition coefficient (Wildman–Crippen LogP) is 6.02. The van der Waals surface area contributed by atoms with Crippen LogP contribution in [0, 0.1) is 12.3 Å². The number of halogens is 1. The molecular formula is C32H50BrKN2O2-2. The van der Waals surface area contributed by atoms with E-state index in [1.807, 2.05) is 66.9 Å². The average molecular weight is 614 g/mol. The zero-order valence-electron chi connectivity index (χ0n) is 25.3. The largest absolute Gasteiger partial charge is 1.00 e. The molecule has 210 valence electrons. The molecule has 4 nitrogen and oxygen atoms in total. The zero-order chi connectivity index (χ0) is 29.0. The van der Waals surface area contributed by atoms with Gasteiger partial charge in [-0.3, -0.25) is 11.1 Å². The van der Waals surface area contributed by atoms with E-state index in [1.165, 1.54) is 18.4 Å². The summed E-state index contributed by atoms with van der Waals surface area (Å²) in [6.45, 7) is 21.9. The van der Waals surface area contributed by atoms with E-state index < -0.39 is 0 Å². The number of carbonyl (C=O) groups excluding carboxylic acids is 2. The van der Waals surface area contributed by atoms with Gasteiger partial charge in [0.2, 0.25) is 5.91 Å². The molecule has 0 bridgehead atoms. The number of nitrogens with zero attached hydrogens (tertiary/aromatic N) is 1. The number of nitrogens with one attached hydrogen (secondary N) is 1. The molecule has 38 heavy (non-hydrogen) atoms. The van der Waals surface area contributed by atoms with Crippen LogP contribution in [-0.2, 0) is 16.0 Å². The Bertz CT molecular complexity index is 782. The summed E-state index contributed by atoms with van der Waals surface area (Å²) in [5.74, 6) is 0.128. The van der Waals surface area contributed by atoms with Crippen LogP contribution in [0.4, 0.5) is 0 Å². The van der Waals surface area contributed by atoms with Gasteiger partial charge in [0.1, 0.15) is 0 Å². The molecule has 0 atom stereocenters. The molecule has 1 aromatic rings. The number of unbranched alkanes of at least 4 members (excludes halogenated alkanes) is 2. The Kier molecular flexibility index (Phi) is 38.1. The second kappa shape index (κ2) is 32.6. The van der Waals surface area contributed by atoms with Gasteiger partial charge in [-0.1, -0.05) is 125 Å². The van der Waals surface area contributed by atoms with Gasteiger partial charge in [-0.15, -0.1) is 6.42 Å². The first kappa shape index (κ1) is 44.4. The van der Waals surface area contributed by atoms with E-state index in [0.717, 1.165) is 29.6 Å². The molecule has 0 unspecified atom stereocenters. The molecule has 1 rings (SSSR count). The standard InChI is InChI=1S/C15H22NO.C9H11BrN.C6H11O.C2H6.K/c1-2-9-15(17)16-13-8-4-7-12-14-10-5-3-6-11-14;1-4-6-7-11-8(3)9(10)5-2;1-6(2,3)4-5-7;1-2;/h3,5-6,10-11H,1-2,4,7-9,12-13H2,(H,16,17);4-6H,2H2,1,3H3;4H2,1-3H3;1-2H3;/q3*-1;;+1/b;6-4-,9-8-;;;. The zero-order valence-corrected chi connectivity index (χ0v) is 30.0. The molecule has 0 saturated carbocycles. The number of hydrogen-bond acceptors (Lipinski definition) is 3. The number of carbonyl (C=O) groups is 1. The molecule has 0 saturated heterocycles. The minimum atomic E-state index is 0. The van der Waals surface area contributed by atoms with Crippen LogP contribution in [0.2, 0.25) is 0 Å². The Morgan fingerprint density at radius 2 is 1.76 bits per heavy atom. The summed E-state index contributed by atoms with van der Waals surface area (Å²) in [6, 6.07) is 10.5. The maximum absolute atomic E-state index is 11.1. The van der Waals surface area contributed by atoms with Gasteiger partial charge in [0, 0.05) is 6.54 Å². The van der Waals surface area contributed by atoms with Crippen LogP contribution < -0.4 is 56.7 Å². The van der Waals surface area contributed by atoms with E-state index in [9.17, 15) is 9.59 Å². The molecule has 0 spiro atoms. The molecule has 1 aromatic carbocycles. The number of aryl methyl sites for hydroxylation is 1. The molecule has 1 amide bonds. The van der Waals surface area contributed by atoms with E-state index in [1.54, 1.807) is 12.2 Å². The van der Waals surface area contributed by atoms with Crippen molar-refractivity contribution in [2.45, 2.75) is 93.4 Å². The molecule has 1 N–H and O–H groups in total. The molecule has 6 heteroatoms. The summed E-state index contributed by atoms with van der Waals surface area (Å²) in [5, 5.41) is 2.90. The fourth-order valence-corrected chi connectivity index (χ4v) is 2.47. The van der Waals surface area contributed by atoms with Crippen molar-refractivity contribution in [1.82, 2.24) is 5.32 Å². The minimum Gasteiger partial charge on any atom is -0.542 e. The fraction of sp³-hybridized carbons (Fsp3) is 0.500. The van der Waals surface area contributed by atoms with Crippen LogP contribution in [0.1, 0.15) is 92.6 Å². The van der Waals surface area contributed by atoms with E-state index in [-0.39, 0.29) is 62.7 Å². The molecule has 0 fully saturated rings. The number of aliphatic imine (C=N–C) groups is 1. The smallest absolute Gasteiger partial charge is 0.542 e. The van der Waals surface area contributed by atoms with Crippen molar-refractivity contribution in [2.24, 2.45) is 10.4 Å². The summed E-state index contributed by atoms with van der Waals surface area (Å²) in [6.07, 6.45) is 16.3. The van der Waals surface area contributed by atoms with Crippen molar-refractivity contribution in [3.05, 3.63) is 77.8 Å². The van der Waals surface area contributed by atoms with Crippen LogP contribution in [0.3, 0.4) is 0 Å². The Balaban J connectivity index is -0.000000238. The van der Waals surface area contributed by atoms with Crippen molar-refractivity contribution in [3.63, 3.8) is 0 Å². The molecule has 0 aliphatic rings. The van der Waals surface area contributed by atoms with Gasteiger partial charge in [-0.2, -0.15) is 18.6 Å². The summed E-state index contributed by atoms with van der Waals surface area (Å²) in [7, 11) is 0. The maximum atomic E-state index is 11.1. The predicted molar refractivity (Wildman–Crippen MR) is 167 cm³/mol. The van der Waals surface area contributed by atoms with E-state index >= 15 is 0 Å². The number of benzene rings is 1. The van der Waals surface area contributed by atoms with E-state index in [4.69, 9.17) is 0 Å². The fourth-order valence-electron chi connectivity index (χ4n) is 2.38. The van der Waals surface area contributed by atoms with E-state index in [2.05, 4.69) is 70.2 Å². The maximum Gasteiger partial charge on any atom is 1.00 e. The molecule has 0 aromatic heterocycles. The number of rotatable bonds is 12. The molecular weight excluding hydrogens is 563 g/mol. The minimum absolute atomic E-state index is 0. The number of amides is 1. The first-order valence-electron chi connectivity index (χ1n) is 13.1. The van der Waals surface area contributed by atoms with Gasteiger partial charge in [-0.05, 0) is 41.4 Å². The van der Waals surface area contributed by atoms with Crippen molar-refractivity contribution < 1.29 is 61.0 Å². The quantitative estimate of drug-likeness (QED) is 0.103. The van der Waals surface area contributed by atoms with Gasteiger partial charge in [0.15, 0.2) is 0 Å². The van der Waals surface area contributed by atoms with Crippen LogP contribution in [0.15, 0.2) is 70.3 Å². The topological polar surface area (TPSA) is 58.5 Å². The van der Waals surface area contributed by atoms with Crippen molar-refractivity contribution >= 4 is 34.3 Å². The summed E-state index contributed by atoms with van der Waals surface area (Å²) >= 11 is 3.30. The Morgan fingerprint density at radius 1 is 1.16 bits per heavy atom. The molecule has 0 aliphatic heterocycles. The molecule has 0 aliphatic carbocycles. The second-order valence-corrected chi connectivity index (χ2v) is 9.86. The van der Waals surface area contributed by atoms with Gasteiger partial charge in [0.25, 0.3) is 0 Å². The normalized spacial score (nSPS) is 10.9. The van der Waals surface area contributed by atoms with Gasteiger partial charge in [0.05, 0.1) is 0 Å². The van der Waals surface area contributed by atoms with Crippen molar-refractivity contribution in [1.29, 1.82) is 0 Å². The summed E-state index contributed by atoms with van der Waals surface area (Å²) in [4.78, 5) is 24.9. The van der Waals surface area contributed by atoms with Crippen LogP contribution in [0.5, 0.6) is 0 Å². The Morgan fingerprint density at radius 3 is 2.21 bits per heavy atom. The average Bonchev–Trinajstić information content (AvgIpc) is 2.87. The Labute approximate surface area is 285 Å². The monoisotopic (exact) mass is 612 g/mol. The first-order valence-corrected chi connectivity index (χ1v) is 13.9. The SMILES string of the molecule is C=C/C(Br)=C(C)/N=[C-]\C=C/C.CC.CC(C)(C)C[C-]=O.[CH2-]CCC(=O)NCCCCCc1ccccc1.[K+]. The van der Waals surface area contributed by atoms with Gasteiger partial charge >= 0.3 is 51.4 Å². The third-order valence-corrected chi connectivity index (χ3v) is 5.21. The van der Waals surface area contributed by atoms with E-state index in [0.29, 0.717) is 19.3 Å². The van der Waals surface area contributed by atoms with Gasteiger partial charge in [-0.25, -0.2) is 0 Å². The van der Waals surface area contributed by atoms with Gasteiger partial charge < -0.3 is 22.0 Å². The van der Waals surface area contributed by atoms with Crippen LogP contribution >= 0.6 is 15.9 Å². The Hall–Kier alpha value is -0.634. The third-order valence-electron chi connectivity index (χ3n) is 4.31. The second-order valence-electron chi connectivity index (χ2n) is 9.01. The number of hydrogen-bond donors (Lipinski definition) is 1. The first-order chi connectivity index (χ1) is 17.6. The molecule has 0 heterocycles. The summed E-state index contributed by atoms with van der Waals surface area (Å²) in [5.41, 5.74) is 2.40.